The first-order valence-corrected chi connectivity index (χ1v) is 8.69. The summed E-state index contributed by atoms with van der Waals surface area (Å²) >= 11 is 6.13. The summed E-state index contributed by atoms with van der Waals surface area (Å²) < 4.78 is 16.2. The van der Waals surface area contributed by atoms with Crippen molar-refractivity contribution in [1.82, 2.24) is 0 Å². The molecule has 0 unspecified atom stereocenters. The topological polar surface area (TPSA) is 68.5 Å². The van der Waals surface area contributed by atoms with Crippen LogP contribution in [0.3, 0.4) is 0 Å². The molecule has 0 amide bonds. The van der Waals surface area contributed by atoms with Gasteiger partial charge in [-0.25, -0.2) is 4.79 Å². The first-order valence-electron chi connectivity index (χ1n) is 8.31. The Bertz CT molecular complexity index is 884. The summed E-state index contributed by atoms with van der Waals surface area (Å²) in [6.45, 7) is 3.73. The van der Waals surface area contributed by atoms with E-state index in [4.69, 9.17) is 25.8 Å². The predicted octanol–water partition coefficient (Wildman–Crippen LogP) is 4.79. The van der Waals surface area contributed by atoms with Crippen LogP contribution in [0, 0.1) is 11.3 Å². The van der Waals surface area contributed by atoms with Crippen LogP contribution in [-0.4, -0.2) is 19.2 Å². The van der Waals surface area contributed by atoms with Crippen molar-refractivity contribution < 1.29 is 19.0 Å². The Morgan fingerprint density at radius 3 is 2.59 bits per heavy atom. The molecule has 0 saturated heterocycles. The van der Waals surface area contributed by atoms with E-state index in [2.05, 4.69) is 0 Å². The van der Waals surface area contributed by atoms with E-state index in [0.717, 1.165) is 5.56 Å². The molecule has 2 aromatic rings. The largest absolute Gasteiger partial charge is 0.493 e. The van der Waals surface area contributed by atoms with Crippen LogP contribution in [0.1, 0.15) is 25.0 Å². The molecule has 0 heterocycles. The number of methoxy groups -OCH3 is 1. The van der Waals surface area contributed by atoms with Crippen molar-refractivity contribution >= 4 is 23.6 Å². The molecule has 0 spiro atoms. The van der Waals surface area contributed by atoms with Crippen molar-refractivity contribution in [3.8, 4) is 17.6 Å². The number of nitrogens with zero attached hydrogens (tertiary/aromatic N) is 1. The van der Waals surface area contributed by atoms with Crippen LogP contribution in [-0.2, 0) is 16.1 Å². The molecule has 0 saturated carbocycles. The van der Waals surface area contributed by atoms with Gasteiger partial charge in [-0.05, 0) is 43.7 Å². The van der Waals surface area contributed by atoms with Gasteiger partial charge in [0.2, 0.25) is 0 Å². The number of rotatable bonds is 7. The SMILES string of the molecule is COc1cc(/C=C(\C#N)C(=O)OC(C)C)ccc1OCc1ccccc1Cl. The van der Waals surface area contributed by atoms with Crippen LogP contribution in [0.5, 0.6) is 11.5 Å². The smallest absolute Gasteiger partial charge is 0.349 e. The standard InChI is InChI=1S/C21H20ClNO4/c1-14(2)27-21(24)17(12-23)10-15-8-9-19(20(11-15)25-3)26-13-16-6-4-5-7-18(16)22/h4-11,14H,13H2,1-3H3/b17-10+. The van der Waals surface area contributed by atoms with E-state index in [1.54, 1.807) is 38.1 Å². The van der Waals surface area contributed by atoms with E-state index in [1.165, 1.54) is 13.2 Å². The van der Waals surface area contributed by atoms with Gasteiger partial charge in [0.15, 0.2) is 11.5 Å². The molecule has 0 aromatic heterocycles. The minimum Gasteiger partial charge on any atom is -0.493 e. The molecule has 0 bridgehead atoms. The number of carbonyl (C=O) groups excluding carboxylic acids is 1. The van der Waals surface area contributed by atoms with Gasteiger partial charge >= 0.3 is 5.97 Å². The zero-order valence-electron chi connectivity index (χ0n) is 15.4. The molecule has 2 rings (SSSR count). The van der Waals surface area contributed by atoms with Gasteiger partial charge in [0.1, 0.15) is 18.2 Å². The number of halogens is 1. The molecule has 27 heavy (non-hydrogen) atoms. The number of carbonyl (C=O) groups is 1. The average molecular weight is 386 g/mol. The Kier molecular flexibility index (Phi) is 7.27. The Morgan fingerprint density at radius 2 is 1.96 bits per heavy atom. The van der Waals surface area contributed by atoms with Gasteiger partial charge in [0, 0.05) is 10.6 Å². The molecule has 0 fully saturated rings. The van der Waals surface area contributed by atoms with Crippen molar-refractivity contribution in [1.29, 1.82) is 5.26 Å². The van der Waals surface area contributed by atoms with E-state index >= 15 is 0 Å². The van der Waals surface area contributed by atoms with E-state index in [1.807, 2.05) is 24.3 Å². The minimum atomic E-state index is -0.662. The van der Waals surface area contributed by atoms with E-state index in [9.17, 15) is 10.1 Å². The van der Waals surface area contributed by atoms with Crippen molar-refractivity contribution in [3.05, 3.63) is 64.2 Å². The fourth-order valence-electron chi connectivity index (χ4n) is 2.25. The number of nitriles is 1. The van der Waals surface area contributed by atoms with Crippen LogP contribution in [0.4, 0.5) is 0 Å². The van der Waals surface area contributed by atoms with Crippen LogP contribution >= 0.6 is 11.6 Å². The normalized spacial score (nSPS) is 11.0. The summed E-state index contributed by atoms with van der Waals surface area (Å²) in [6, 6.07) is 14.4. The van der Waals surface area contributed by atoms with E-state index in [-0.39, 0.29) is 18.3 Å². The Hall–Kier alpha value is -2.97. The van der Waals surface area contributed by atoms with Gasteiger partial charge in [0.05, 0.1) is 13.2 Å². The van der Waals surface area contributed by atoms with Crippen molar-refractivity contribution in [2.45, 2.75) is 26.6 Å². The second-order valence-corrected chi connectivity index (χ2v) is 6.32. The minimum absolute atomic E-state index is 0.0875. The van der Waals surface area contributed by atoms with Crippen LogP contribution < -0.4 is 9.47 Å². The fourth-order valence-corrected chi connectivity index (χ4v) is 2.44. The molecule has 0 N–H and O–H groups in total. The average Bonchev–Trinajstić information content (AvgIpc) is 2.65. The highest BCUT2D eigenvalue weighted by molar-refractivity contribution is 6.31. The molecule has 5 nitrogen and oxygen atoms in total. The Labute approximate surface area is 163 Å². The summed E-state index contributed by atoms with van der Waals surface area (Å²) in [5.74, 6) is 0.341. The molecule has 0 aliphatic carbocycles. The maximum atomic E-state index is 11.9. The molecule has 0 atom stereocenters. The monoisotopic (exact) mass is 385 g/mol. The molecular formula is C21H20ClNO4. The van der Waals surface area contributed by atoms with E-state index < -0.39 is 5.97 Å². The van der Waals surface area contributed by atoms with Gasteiger partial charge in [-0.2, -0.15) is 5.26 Å². The third-order valence-corrected chi connectivity index (χ3v) is 3.89. The first kappa shape index (κ1) is 20.3. The molecule has 6 heteroatoms. The number of ether oxygens (including phenoxy) is 3. The van der Waals surface area contributed by atoms with Crippen molar-refractivity contribution in [2.24, 2.45) is 0 Å². The van der Waals surface area contributed by atoms with Crippen LogP contribution in [0.15, 0.2) is 48.0 Å². The van der Waals surface area contributed by atoms with Gasteiger partial charge in [-0.15, -0.1) is 0 Å². The summed E-state index contributed by atoms with van der Waals surface area (Å²) in [6.07, 6.45) is 1.15. The lowest BCUT2D eigenvalue weighted by Gasteiger charge is -2.12. The lowest BCUT2D eigenvalue weighted by atomic mass is 10.1. The van der Waals surface area contributed by atoms with Gasteiger partial charge in [-0.1, -0.05) is 35.9 Å². The molecule has 2 aromatic carbocycles. The van der Waals surface area contributed by atoms with Crippen LogP contribution in [0.25, 0.3) is 6.08 Å². The number of hydrogen-bond donors (Lipinski definition) is 0. The maximum absolute atomic E-state index is 11.9. The quantitative estimate of drug-likeness (QED) is 0.389. The highest BCUT2D eigenvalue weighted by Crippen LogP contribution is 2.30. The zero-order chi connectivity index (χ0) is 19.8. The second kappa shape index (κ2) is 9.65. The van der Waals surface area contributed by atoms with Crippen LogP contribution in [0.2, 0.25) is 5.02 Å². The zero-order valence-corrected chi connectivity index (χ0v) is 16.1. The van der Waals surface area contributed by atoms with Crippen molar-refractivity contribution in [2.75, 3.05) is 7.11 Å². The van der Waals surface area contributed by atoms with Gasteiger partial charge in [-0.3, -0.25) is 0 Å². The summed E-state index contributed by atoms with van der Waals surface area (Å²) in [4.78, 5) is 11.9. The first-order chi connectivity index (χ1) is 12.9. The van der Waals surface area contributed by atoms with Gasteiger partial charge < -0.3 is 14.2 Å². The third-order valence-electron chi connectivity index (χ3n) is 3.52. The van der Waals surface area contributed by atoms with Crippen molar-refractivity contribution in [3.63, 3.8) is 0 Å². The molecule has 0 radical (unpaired) electrons. The summed E-state index contributed by atoms with van der Waals surface area (Å²) in [5.41, 5.74) is 1.39. The highest BCUT2D eigenvalue weighted by atomic mass is 35.5. The Balaban J connectivity index is 2.20. The molecule has 0 aliphatic heterocycles. The Morgan fingerprint density at radius 1 is 1.22 bits per heavy atom. The van der Waals surface area contributed by atoms with E-state index in [0.29, 0.717) is 22.1 Å². The maximum Gasteiger partial charge on any atom is 0.349 e. The van der Waals surface area contributed by atoms with Gasteiger partial charge in [0.25, 0.3) is 0 Å². The number of hydrogen-bond acceptors (Lipinski definition) is 5. The number of benzene rings is 2. The predicted molar refractivity (Wildman–Crippen MR) is 104 cm³/mol. The number of esters is 1. The summed E-state index contributed by atoms with van der Waals surface area (Å²) in [7, 11) is 1.52. The lowest BCUT2D eigenvalue weighted by Crippen LogP contribution is -2.12. The summed E-state index contributed by atoms with van der Waals surface area (Å²) in [5, 5.41) is 9.82. The third kappa shape index (κ3) is 5.77. The lowest BCUT2D eigenvalue weighted by molar-refractivity contribution is -0.142. The fraction of sp³-hybridized carbons (Fsp3) is 0.238. The molecule has 140 valence electrons. The molecular weight excluding hydrogens is 366 g/mol. The highest BCUT2D eigenvalue weighted by Gasteiger charge is 2.13. The molecule has 0 aliphatic rings. The second-order valence-electron chi connectivity index (χ2n) is 5.91.